The highest BCUT2D eigenvalue weighted by molar-refractivity contribution is 5.34. The minimum atomic E-state index is -2.71. The van der Waals surface area contributed by atoms with Gasteiger partial charge in [-0.25, -0.2) is 9.67 Å². The number of anilines is 1. The molecule has 2 aromatic rings. The van der Waals surface area contributed by atoms with Gasteiger partial charge in [0.2, 0.25) is 0 Å². The second-order valence-corrected chi connectivity index (χ2v) is 2.21. The highest BCUT2D eigenvalue weighted by atomic mass is 15.3. The van der Waals surface area contributed by atoms with Gasteiger partial charge in [0, 0.05) is 10.3 Å². The predicted molar refractivity (Wildman–Crippen MR) is 50.5 cm³/mol. The molecule has 2 aromatic heterocycles. The van der Waals surface area contributed by atoms with Crippen molar-refractivity contribution in [2.45, 2.75) is 6.85 Å². The summed E-state index contributed by atoms with van der Waals surface area (Å²) in [6.07, 6.45) is -1.27. The number of hydrogen-bond donors (Lipinski definition) is 1. The van der Waals surface area contributed by atoms with E-state index in [9.17, 15) is 0 Å². The molecule has 0 aliphatic carbocycles. The van der Waals surface area contributed by atoms with Crippen molar-refractivity contribution in [1.29, 1.82) is 0 Å². The minimum Gasteiger partial charge on any atom is -0.384 e. The molecule has 13 heavy (non-hydrogen) atoms. The lowest BCUT2D eigenvalue weighted by Crippen LogP contribution is -1.99. The second-order valence-electron chi connectivity index (χ2n) is 2.21. The van der Waals surface area contributed by atoms with Crippen molar-refractivity contribution >= 4 is 5.82 Å². The van der Waals surface area contributed by atoms with Crippen molar-refractivity contribution in [1.82, 2.24) is 14.8 Å². The van der Waals surface area contributed by atoms with Crippen molar-refractivity contribution in [3.63, 3.8) is 0 Å². The first-order chi connectivity index (χ1) is 9.55. The molecule has 0 atom stereocenters. The van der Waals surface area contributed by atoms with Crippen molar-refractivity contribution in [2.24, 2.45) is 0 Å². The fraction of sp³-hybridized carbons (Fsp3) is 0.111. The number of hydrogen-bond acceptors (Lipinski definition) is 3. The van der Waals surface area contributed by atoms with E-state index >= 15 is 0 Å². The molecule has 0 spiro atoms. The van der Waals surface area contributed by atoms with Crippen molar-refractivity contribution < 1.29 is 11.0 Å². The highest BCUT2D eigenvalue weighted by Gasteiger charge is 1.98. The molecule has 0 amide bonds. The number of aromatic nitrogens is 3. The predicted octanol–water partition coefficient (Wildman–Crippen LogP) is 1.16. The molecule has 0 saturated carbocycles. The van der Waals surface area contributed by atoms with E-state index in [0.29, 0.717) is 4.68 Å². The Morgan fingerprint density at radius 2 is 2.54 bits per heavy atom. The molecule has 0 fully saturated rings. The summed E-state index contributed by atoms with van der Waals surface area (Å²) in [4.78, 5) is 3.70. The van der Waals surface area contributed by atoms with Crippen LogP contribution < -0.4 is 5.73 Å². The zero-order chi connectivity index (χ0) is 16.1. The molecule has 0 aliphatic rings. The maximum atomic E-state index is 7.80. The fourth-order valence-corrected chi connectivity index (χ4v) is 0.778. The van der Waals surface area contributed by atoms with Crippen LogP contribution in [0.2, 0.25) is 0 Å². The Labute approximate surface area is 87.3 Å². The Bertz CT molecular complexity index is 720. The van der Waals surface area contributed by atoms with Crippen molar-refractivity contribution in [2.75, 3.05) is 5.73 Å². The second kappa shape index (κ2) is 2.90. The first-order valence-electron chi connectivity index (χ1n) is 7.36. The molecule has 4 nitrogen and oxygen atoms in total. The molecule has 0 radical (unpaired) electrons. The lowest BCUT2D eigenvalue weighted by molar-refractivity contribution is 0.848. The summed E-state index contributed by atoms with van der Waals surface area (Å²) < 4.78 is 60.6. The van der Waals surface area contributed by atoms with Gasteiger partial charge in [-0.05, 0) is 24.5 Å². The van der Waals surface area contributed by atoms with Crippen molar-refractivity contribution in [3.8, 4) is 5.82 Å². The van der Waals surface area contributed by atoms with Gasteiger partial charge in [0.15, 0.2) is 5.82 Å². The van der Waals surface area contributed by atoms with Gasteiger partial charge in [-0.3, -0.25) is 0 Å². The van der Waals surface area contributed by atoms with Crippen LogP contribution >= 0.6 is 0 Å². The summed E-state index contributed by atoms with van der Waals surface area (Å²) in [5.41, 5.74) is 4.87. The summed E-state index contributed by atoms with van der Waals surface area (Å²) in [6, 6.07) is -1.48. The van der Waals surface area contributed by atoms with E-state index in [1.807, 2.05) is 0 Å². The molecule has 0 unspecified atom stereocenters. The third kappa shape index (κ3) is 1.51. The molecule has 0 aliphatic heterocycles. The first kappa shape index (κ1) is 2.83. The summed E-state index contributed by atoms with van der Waals surface area (Å²) in [7, 11) is 0. The van der Waals surface area contributed by atoms with E-state index in [0.717, 1.165) is 0 Å². The number of rotatable bonds is 1. The Morgan fingerprint density at radius 1 is 1.62 bits per heavy atom. The average molecular weight is 182 g/mol. The zero-order valence-corrected chi connectivity index (χ0v) is 6.42. The van der Waals surface area contributed by atoms with Gasteiger partial charge >= 0.3 is 0 Å². The maximum absolute atomic E-state index is 7.80. The summed E-state index contributed by atoms with van der Waals surface area (Å²) in [6.45, 7) is -2.71. The van der Waals surface area contributed by atoms with Crippen molar-refractivity contribution in [3.05, 3.63) is 36.0 Å². The summed E-state index contributed by atoms with van der Waals surface area (Å²) in [5, 5.41) is 3.57. The Balaban J connectivity index is 2.76. The van der Waals surface area contributed by atoms with Gasteiger partial charge in [0.1, 0.15) is 5.82 Å². The van der Waals surface area contributed by atoms with E-state index in [2.05, 4.69) is 10.1 Å². The largest absolute Gasteiger partial charge is 0.384 e. The van der Waals surface area contributed by atoms with E-state index in [1.54, 1.807) is 0 Å². The van der Waals surface area contributed by atoms with Crippen LogP contribution in [0.15, 0.2) is 30.5 Å². The van der Waals surface area contributed by atoms with Crippen LogP contribution in [0, 0.1) is 6.85 Å². The van der Waals surface area contributed by atoms with Crippen LogP contribution in [0.1, 0.15) is 16.5 Å². The van der Waals surface area contributed by atoms with Gasteiger partial charge in [-0.1, -0.05) is 6.04 Å². The molecular formula is C9H10N4. The molecule has 0 bridgehead atoms. The third-order valence-electron chi connectivity index (χ3n) is 1.27. The van der Waals surface area contributed by atoms with Gasteiger partial charge in [0.25, 0.3) is 0 Å². The fourth-order valence-electron chi connectivity index (χ4n) is 0.778. The summed E-state index contributed by atoms with van der Waals surface area (Å²) in [5.74, 6) is -0.703. The molecule has 66 valence electrons. The van der Waals surface area contributed by atoms with Crippen LogP contribution in [0.5, 0.6) is 0 Å². The SMILES string of the molecule is [2H]c1nn(-c2nc(N)c([2H])c([2H])c2[2H])c([2H])c1C([2H])([2H])[2H]. The first-order valence-corrected chi connectivity index (χ1v) is 3.36. The van der Waals surface area contributed by atoms with Gasteiger partial charge in [0.05, 0.1) is 13.0 Å². The molecule has 0 saturated heterocycles. The number of nitrogen functional groups attached to an aromatic ring is 1. The standard InChI is InChI=1S/C9H10N4/c1-7-5-11-13(6-7)9-4-2-3-8(10)12-9/h2-6H,1H3,(H2,10,12)/i1D3,2D,3D,4D,5D,6D. The van der Waals surface area contributed by atoms with E-state index in [4.69, 9.17) is 16.7 Å². The van der Waals surface area contributed by atoms with E-state index in [-0.39, 0.29) is 11.6 Å². The Morgan fingerprint density at radius 3 is 3.31 bits per heavy atom. The molecule has 2 rings (SSSR count). The highest BCUT2D eigenvalue weighted by Crippen LogP contribution is 2.06. The number of nitrogens with zero attached hydrogens (tertiary/aromatic N) is 3. The monoisotopic (exact) mass is 182 g/mol. The van der Waals surface area contributed by atoms with Crippen LogP contribution in [0.4, 0.5) is 5.82 Å². The van der Waals surface area contributed by atoms with Gasteiger partial charge in [-0.2, -0.15) is 5.10 Å². The molecule has 4 heteroatoms. The van der Waals surface area contributed by atoms with Gasteiger partial charge < -0.3 is 5.73 Å². The quantitative estimate of drug-likeness (QED) is 0.720. The van der Waals surface area contributed by atoms with Crippen LogP contribution in [-0.2, 0) is 0 Å². The molecule has 2 heterocycles. The maximum Gasteiger partial charge on any atom is 0.155 e. The number of nitrogens with two attached hydrogens (primary N) is 1. The molecule has 0 aromatic carbocycles. The smallest absolute Gasteiger partial charge is 0.155 e. The average Bonchev–Trinajstić information content (AvgIpc) is 2.66. The van der Waals surface area contributed by atoms with Crippen LogP contribution in [0.25, 0.3) is 5.82 Å². The Kier molecular flexibility index (Phi) is 0.631. The summed E-state index contributed by atoms with van der Waals surface area (Å²) >= 11 is 0. The zero-order valence-electron chi connectivity index (χ0n) is 14.4. The third-order valence-corrected chi connectivity index (χ3v) is 1.27. The normalized spacial score (nSPS) is 20.0. The van der Waals surface area contributed by atoms with Gasteiger partial charge in [-0.15, -0.1) is 0 Å². The Hall–Kier alpha value is -1.84. The van der Waals surface area contributed by atoms with Crippen LogP contribution in [-0.4, -0.2) is 14.8 Å². The lowest BCUT2D eigenvalue weighted by atomic mass is 10.4. The molecular weight excluding hydrogens is 164 g/mol. The van der Waals surface area contributed by atoms with E-state index in [1.165, 1.54) is 0 Å². The molecule has 2 N–H and O–H groups in total. The topological polar surface area (TPSA) is 56.7 Å². The van der Waals surface area contributed by atoms with E-state index < -0.39 is 42.9 Å². The lowest BCUT2D eigenvalue weighted by Gasteiger charge is -1.99. The van der Waals surface area contributed by atoms with Crippen LogP contribution in [0.3, 0.4) is 0 Å². The minimum absolute atomic E-state index is 0.345. The number of pyridine rings is 1.